The zero-order valence-electron chi connectivity index (χ0n) is 16.6. The van der Waals surface area contributed by atoms with Crippen LogP contribution in [0, 0.1) is 18.8 Å². The Bertz CT molecular complexity index is 1090. The quantitative estimate of drug-likeness (QED) is 0.700. The molecule has 1 N–H and O–H groups in total. The van der Waals surface area contributed by atoms with E-state index in [0.717, 1.165) is 25.7 Å². The Morgan fingerprint density at radius 2 is 1.67 bits per heavy atom. The summed E-state index contributed by atoms with van der Waals surface area (Å²) in [7, 11) is -3.89. The zero-order chi connectivity index (χ0) is 21.5. The lowest BCUT2D eigenvalue weighted by Gasteiger charge is -2.19. The molecule has 0 aromatic heterocycles. The minimum absolute atomic E-state index is 0.0829. The summed E-state index contributed by atoms with van der Waals surface area (Å²) in [6.07, 6.45) is 3.44. The first-order chi connectivity index (χ1) is 14.3. The number of carbonyl (C=O) groups excluding carboxylic acids is 2. The van der Waals surface area contributed by atoms with Crippen molar-refractivity contribution in [1.82, 2.24) is 4.90 Å². The van der Waals surface area contributed by atoms with Crippen molar-refractivity contribution in [3.8, 4) is 0 Å². The van der Waals surface area contributed by atoms with Gasteiger partial charge in [-0.2, -0.15) is 0 Å². The van der Waals surface area contributed by atoms with Gasteiger partial charge in [0, 0.05) is 0 Å². The van der Waals surface area contributed by atoms with Gasteiger partial charge in [-0.1, -0.05) is 48.7 Å². The first-order valence-corrected chi connectivity index (χ1v) is 11.9. The molecule has 1 heterocycles. The summed E-state index contributed by atoms with van der Waals surface area (Å²) < 4.78 is 28.5. The molecular formula is C22H23ClN2O4S. The number of hydrogen-bond donors (Lipinski definition) is 1. The van der Waals surface area contributed by atoms with Gasteiger partial charge in [0.1, 0.15) is 0 Å². The fraction of sp³-hybridized carbons (Fsp3) is 0.364. The number of anilines is 1. The summed E-state index contributed by atoms with van der Waals surface area (Å²) in [6, 6.07) is 11.6. The molecule has 4 rings (SSSR count). The summed E-state index contributed by atoms with van der Waals surface area (Å²) in [4.78, 5) is 26.9. The van der Waals surface area contributed by atoms with Crippen LogP contribution in [0.25, 0.3) is 0 Å². The molecule has 1 aliphatic carbocycles. The van der Waals surface area contributed by atoms with E-state index in [1.807, 2.05) is 0 Å². The van der Waals surface area contributed by atoms with Crippen molar-refractivity contribution in [2.45, 2.75) is 44.0 Å². The van der Waals surface area contributed by atoms with E-state index >= 15 is 0 Å². The molecule has 2 aliphatic rings. The molecule has 158 valence electrons. The van der Waals surface area contributed by atoms with Gasteiger partial charge in [0.2, 0.25) is 11.8 Å². The Labute approximate surface area is 181 Å². The van der Waals surface area contributed by atoms with E-state index in [1.54, 1.807) is 43.3 Å². The number of nitrogens with zero attached hydrogens (tertiary/aromatic N) is 1. The predicted molar refractivity (Wildman–Crippen MR) is 114 cm³/mol. The fourth-order valence-corrected chi connectivity index (χ4v) is 5.96. The van der Waals surface area contributed by atoms with Gasteiger partial charge in [0.25, 0.3) is 10.0 Å². The second-order valence-electron chi connectivity index (χ2n) is 7.95. The highest BCUT2D eigenvalue weighted by molar-refractivity contribution is 7.92. The molecule has 8 heteroatoms. The number of amides is 2. The van der Waals surface area contributed by atoms with Crippen LogP contribution in [0.1, 0.15) is 36.8 Å². The fourth-order valence-electron chi connectivity index (χ4n) is 4.35. The molecule has 30 heavy (non-hydrogen) atoms. The SMILES string of the molecule is Cc1ccc(CN2C(=O)C3CCCCC3C2=O)cc1S(=O)(=O)Nc1ccccc1Cl. The third-order valence-corrected chi connectivity index (χ3v) is 7.77. The number of sulfonamides is 1. The van der Waals surface area contributed by atoms with Gasteiger partial charge in [-0.3, -0.25) is 19.2 Å². The average molecular weight is 447 g/mol. The van der Waals surface area contributed by atoms with E-state index in [0.29, 0.717) is 16.1 Å². The maximum atomic E-state index is 13.0. The first-order valence-electron chi connectivity index (χ1n) is 10.00. The molecule has 1 saturated carbocycles. The number of nitrogens with one attached hydrogen (secondary N) is 1. The van der Waals surface area contributed by atoms with Crippen molar-refractivity contribution in [3.05, 3.63) is 58.6 Å². The van der Waals surface area contributed by atoms with Crippen molar-refractivity contribution in [3.63, 3.8) is 0 Å². The molecule has 1 aliphatic heterocycles. The molecular weight excluding hydrogens is 424 g/mol. The number of halogens is 1. The van der Waals surface area contributed by atoms with Gasteiger partial charge in [0.05, 0.1) is 34.0 Å². The number of hydrogen-bond acceptors (Lipinski definition) is 4. The molecule has 0 radical (unpaired) electrons. The number of fused-ring (bicyclic) bond motifs is 1. The molecule has 2 unspecified atom stereocenters. The minimum atomic E-state index is -3.89. The lowest BCUT2D eigenvalue weighted by atomic mass is 9.81. The van der Waals surface area contributed by atoms with Gasteiger partial charge < -0.3 is 0 Å². The van der Waals surface area contributed by atoms with E-state index in [-0.39, 0.29) is 40.8 Å². The summed E-state index contributed by atoms with van der Waals surface area (Å²) in [6.45, 7) is 1.78. The predicted octanol–water partition coefficient (Wildman–Crippen LogP) is 4.12. The molecule has 6 nitrogen and oxygen atoms in total. The largest absolute Gasteiger partial charge is 0.278 e. The molecule has 2 aromatic rings. The lowest BCUT2D eigenvalue weighted by Crippen LogP contribution is -2.30. The van der Waals surface area contributed by atoms with Crippen LogP contribution in [-0.4, -0.2) is 25.1 Å². The first kappa shape index (κ1) is 20.9. The molecule has 2 atom stereocenters. The number of likely N-dealkylation sites (tertiary alicyclic amines) is 1. The van der Waals surface area contributed by atoms with E-state index in [4.69, 9.17) is 11.6 Å². The second kappa shape index (κ2) is 8.04. The van der Waals surface area contributed by atoms with Gasteiger partial charge in [-0.15, -0.1) is 0 Å². The van der Waals surface area contributed by atoms with E-state index in [2.05, 4.69) is 4.72 Å². The molecule has 0 spiro atoms. The van der Waals surface area contributed by atoms with Crippen LogP contribution >= 0.6 is 11.6 Å². The van der Waals surface area contributed by atoms with Crippen molar-refractivity contribution in [1.29, 1.82) is 0 Å². The van der Waals surface area contributed by atoms with Crippen LogP contribution in [-0.2, 0) is 26.2 Å². The van der Waals surface area contributed by atoms with Crippen LogP contribution in [0.15, 0.2) is 47.4 Å². The Balaban J connectivity index is 1.60. The molecule has 2 fully saturated rings. The van der Waals surface area contributed by atoms with Gasteiger partial charge in [-0.25, -0.2) is 8.42 Å². The van der Waals surface area contributed by atoms with Gasteiger partial charge in [-0.05, 0) is 49.1 Å². The lowest BCUT2D eigenvalue weighted by molar-refractivity contribution is -0.140. The van der Waals surface area contributed by atoms with Crippen LogP contribution < -0.4 is 4.72 Å². The molecule has 1 saturated heterocycles. The van der Waals surface area contributed by atoms with Crippen LogP contribution in [0.2, 0.25) is 5.02 Å². The van der Waals surface area contributed by atoms with Gasteiger partial charge >= 0.3 is 0 Å². The number of benzene rings is 2. The van der Waals surface area contributed by atoms with E-state index < -0.39 is 10.0 Å². The van der Waals surface area contributed by atoms with E-state index in [1.165, 1.54) is 11.0 Å². The average Bonchev–Trinajstić information content (AvgIpc) is 2.96. The van der Waals surface area contributed by atoms with Crippen molar-refractivity contribution >= 4 is 39.1 Å². The Kier molecular flexibility index (Phi) is 5.59. The maximum absolute atomic E-state index is 13.0. The summed E-state index contributed by atoms with van der Waals surface area (Å²) in [5, 5.41) is 0.297. The van der Waals surface area contributed by atoms with E-state index in [9.17, 15) is 18.0 Å². The topological polar surface area (TPSA) is 83.6 Å². The third-order valence-electron chi connectivity index (χ3n) is 5.93. The third kappa shape index (κ3) is 3.84. The Morgan fingerprint density at radius 3 is 2.30 bits per heavy atom. The molecule has 2 amide bonds. The highest BCUT2D eigenvalue weighted by Gasteiger charge is 2.47. The smallest absolute Gasteiger partial charge is 0.262 e. The number of aryl methyl sites for hydroxylation is 1. The van der Waals surface area contributed by atoms with Crippen molar-refractivity contribution in [2.24, 2.45) is 11.8 Å². The minimum Gasteiger partial charge on any atom is -0.278 e. The normalized spacial score (nSPS) is 21.6. The van der Waals surface area contributed by atoms with Crippen molar-refractivity contribution in [2.75, 3.05) is 4.72 Å². The highest BCUT2D eigenvalue weighted by atomic mass is 35.5. The molecule has 2 aromatic carbocycles. The number of rotatable bonds is 5. The number of carbonyl (C=O) groups is 2. The van der Waals surface area contributed by atoms with Crippen LogP contribution in [0.4, 0.5) is 5.69 Å². The van der Waals surface area contributed by atoms with Gasteiger partial charge in [0.15, 0.2) is 0 Å². The second-order valence-corrected chi connectivity index (χ2v) is 10.0. The summed E-state index contributed by atoms with van der Waals surface area (Å²) in [5.74, 6) is -0.712. The summed E-state index contributed by atoms with van der Waals surface area (Å²) in [5.41, 5.74) is 1.45. The Morgan fingerprint density at radius 1 is 1.03 bits per heavy atom. The number of para-hydroxylation sites is 1. The van der Waals surface area contributed by atoms with Crippen molar-refractivity contribution < 1.29 is 18.0 Å². The number of imide groups is 1. The highest BCUT2D eigenvalue weighted by Crippen LogP contribution is 2.38. The standard InChI is InChI=1S/C22H23ClN2O4S/c1-14-10-11-15(13-25-21(26)16-6-2-3-7-17(16)22(25)27)12-20(14)30(28,29)24-19-9-5-4-8-18(19)23/h4-5,8-12,16-17,24H,2-3,6-7,13H2,1H3. The summed E-state index contributed by atoms with van der Waals surface area (Å²) >= 11 is 6.09. The maximum Gasteiger partial charge on any atom is 0.262 e. The monoisotopic (exact) mass is 446 g/mol. The van der Waals surface area contributed by atoms with Crippen LogP contribution in [0.5, 0.6) is 0 Å². The van der Waals surface area contributed by atoms with Crippen LogP contribution in [0.3, 0.4) is 0 Å². The molecule has 0 bridgehead atoms. The zero-order valence-corrected chi connectivity index (χ0v) is 18.2. The Hall–Kier alpha value is -2.38.